The molecule has 0 bridgehead atoms. The maximum atomic E-state index is 9.18. The summed E-state index contributed by atoms with van der Waals surface area (Å²) < 4.78 is 4.86. The van der Waals surface area contributed by atoms with Crippen molar-refractivity contribution in [3.8, 4) is 0 Å². The summed E-state index contributed by atoms with van der Waals surface area (Å²) in [6.07, 6.45) is 0.621. The first-order chi connectivity index (χ1) is 5.34. The van der Waals surface area contributed by atoms with Crippen LogP contribution in [0.2, 0.25) is 0 Å². The van der Waals surface area contributed by atoms with Crippen LogP contribution in [-0.2, 0) is 0 Å². The lowest BCUT2D eigenvalue weighted by Crippen LogP contribution is -1.98. The predicted molar refractivity (Wildman–Crippen MR) is 37.7 cm³/mol. The van der Waals surface area contributed by atoms with Gasteiger partial charge in [-0.2, -0.15) is 0 Å². The van der Waals surface area contributed by atoms with Gasteiger partial charge < -0.3 is 9.52 Å². The molecule has 1 atom stereocenters. The molecule has 0 unspecified atom stereocenters. The van der Waals surface area contributed by atoms with Crippen LogP contribution >= 0.6 is 0 Å². The van der Waals surface area contributed by atoms with Crippen LogP contribution in [0.3, 0.4) is 0 Å². The molecule has 1 aromatic rings. The van der Waals surface area contributed by atoms with Gasteiger partial charge in [-0.25, -0.2) is 0 Å². The fourth-order valence-electron chi connectivity index (χ4n) is 0.685. The van der Waals surface area contributed by atoms with Gasteiger partial charge in [0, 0.05) is 4.91 Å². The van der Waals surface area contributed by atoms with E-state index in [4.69, 9.17) is 9.95 Å². The van der Waals surface area contributed by atoms with Gasteiger partial charge in [0.25, 0.3) is 0 Å². The molecule has 0 amide bonds. The Balaban J connectivity index is 2.55. The second-order valence-electron chi connectivity index (χ2n) is 1.94. The minimum absolute atomic E-state index is 0.00398. The Bertz CT molecular complexity index is 251. The highest BCUT2D eigenvalue weighted by Crippen LogP contribution is 2.12. The van der Waals surface area contributed by atoms with Crippen LogP contribution in [0.4, 0.5) is 0 Å². The molecule has 0 aliphatic rings. The maximum absolute atomic E-state index is 9.18. The van der Waals surface area contributed by atoms with Crippen molar-refractivity contribution in [3.05, 3.63) is 34.6 Å². The van der Waals surface area contributed by atoms with Gasteiger partial charge >= 0.3 is 0 Å². The number of nitrogens with zero attached hydrogens (tertiary/aromatic N) is 3. The van der Waals surface area contributed by atoms with Crippen LogP contribution in [0, 0.1) is 0 Å². The lowest BCUT2D eigenvalue weighted by Gasteiger charge is -2.00. The number of azide groups is 1. The third-order valence-corrected chi connectivity index (χ3v) is 1.19. The second kappa shape index (κ2) is 3.65. The first-order valence-electron chi connectivity index (χ1n) is 3.07. The molecule has 1 aromatic heterocycles. The summed E-state index contributed by atoms with van der Waals surface area (Å²) in [5.74, 6) is 0.414. The molecule has 0 radical (unpaired) electrons. The lowest BCUT2D eigenvalue weighted by molar-refractivity contribution is 0.158. The molecule has 0 aliphatic carbocycles. The van der Waals surface area contributed by atoms with Gasteiger partial charge in [0.15, 0.2) is 0 Å². The van der Waals surface area contributed by atoms with Crippen molar-refractivity contribution in [2.45, 2.75) is 6.10 Å². The molecule has 0 fully saturated rings. The largest absolute Gasteiger partial charge is 0.467 e. The normalized spacial score (nSPS) is 12.1. The van der Waals surface area contributed by atoms with E-state index in [9.17, 15) is 5.11 Å². The van der Waals surface area contributed by atoms with Gasteiger partial charge in [-0.05, 0) is 17.7 Å². The molecule has 1 N–H and O–H groups in total. The van der Waals surface area contributed by atoms with Gasteiger partial charge in [-0.1, -0.05) is 5.11 Å². The van der Waals surface area contributed by atoms with Crippen molar-refractivity contribution >= 4 is 0 Å². The van der Waals surface area contributed by atoms with E-state index < -0.39 is 6.10 Å². The van der Waals surface area contributed by atoms with E-state index >= 15 is 0 Å². The Morgan fingerprint density at radius 2 is 2.64 bits per heavy atom. The van der Waals surface area contributed by atoms with E-state index in [1.54, 1.807) is 12.1 Å². The molecular weight excluding hydrogens is 146 g/mol. The van der Waals surface area contributed by atoms with Crippen molar-refractivity contribution in [2.24, 2.45) is 5.11 Å². The Labute approximate surface area is 62.9 Å². The van der Waals surface area contributed by atoms with Crippen molar-refractivity contribution in [2.75, 3.05) is 6.54 Å². The summed E-state index contributed by atoms with van der Waals surface area (Å²) in [6.45, 7) is 0.00398. The van der Waals surface area contributed by atoms with Crippen LogP contribution in [0.25, 0.3) is 10.4 Å². The van der Waals surface area contributed by atoms with E-state index in [0.717, 1.165) is 0 Å². The van der Waals surface area contributed by atoms with Gasteiger partial charge in [0.05, 0.1) is 12.8 Å². The molecule has 0 spiro atoms. The zero-order chi connectivity index (χ0) is 8.10. The smallest absolute Gasteiger partial charge is 0.132 e. The highest BCUT2D eigenvalue weighted by atomic mass is 16.4. The maximum Gasteiger partial charge on any atom is 0.132 e. The Hall–Kier alpha value is -1.45. The molecule has 5 nitrogen and oxygen atoms in total. The van der Waals surface area contributed by atoms with Gasteiger partial charge in [0.2, 0.25) is 0 Å². The van der Waals surface area contributed by atoms with Gasteiger partial charge in [-0.3, -0.25) is 0 Å². The van der Waals surface area contributed by atoms with Gasteiger partial charge in [-0.15, -0.1) is 0 Å². The third-order valence-electron chi connectivity index (χ3n) is 1.19. The topological polar surface area (TPSA) is 82.1 Å². The highest BCUT2D eigenvalue weighted by Gasteiger charge is 2.07. The summed E-state index contributed by atoms with van der Waals surface area (Å²) in [6, 6.07) is 3.28. The third kappa shape index (κ3) is 2.00. The zero-order valence-electron chi connectivity index (χ0n) is 5.71. The van der Waals surface area contributed by atoms with Crippen molar-refractivity contribution in [3.63, 3.8) is 0 Å². The molecule has 1 heterocycles. The molecule has 5 heteroatoms. The quantitative estimate of drug-likeness (QED) is 0.406. The zero-order valence-corrected chi connectivity index (χ0v) is 5.71. The molecule has 0 saturated heterocycles. The monoisotopic (exact) mass is 153 g/mol. The first-order valence-corrected chi connectivity index (χ1v) is 3.07. The average Bonchev–Trinajstić information content (AvgIpc) is 2.52. The summed E-state index contributed by atoms with van der Waals surface area (Å²) >= 11 is 0. The van der Waals surface area contributed by atoms with E-state index in [0.29, 0.717) is 5.76 Å². The average molecular weight is 153 g/mol. The predicted octanol–water partition coefficient (Wildman–Crippen LogP) is 1.62. The fraction of sp³-hybridized carbons (Fsp3) is 0.333. The summed E-state index contributed by atoms with van der Waals surface area (Å²) in [5, 5.41) is 12.4. The van der Waals surface area contributed by atoms with E-state index in [1.165, 1.54) is 6.26 Å². The standard InChI is InChI=1S/C6H7N3O2/c7-9-8-4-5(10)6-2-1-3-11-6/h1-3,5,10H,4H2/t5-/m0/s1. The first kappa shape index (κ1) is 7.65. The van der Waals surface area contributed by atoms with Crippen molar-refractivity contribution < 1.29 is 9.52 Å². The van der Waals surface area contributed by atoms with Crippen molar-refractivity contribution in [1.29, 1.82) is 0 Å². The number of hydrogen-bond acceptors (Lipinski definition) is 3. The number of aliphatic hydroxyl groups is 1. The van der Waals surface area contributed by atoms with Crippen LogP contribution in [0.1, 0.15) is 11.9 Å². The lowest BCUT2D eigenvalue weighted by atomic mass is 10.3. The molecule has 1 rings (SSSR count). The van der Waals surface area contributed by atoms with Crippen LogP contribution < -0.4 is 0 Å². The summed E-state index contributed by atoms with van der Waals surface area (Å²) in [7, 11) is 0. The molecule has 11 heavy (non-hydrogen) atoms. The van der Waals surface area contributed by atoms with Crippen LogP contribution in [0.5, 0.6) is 0 Å². The number of aliphatic hydroxyl groups excluding tert-OH is 1. The Kier molecular flexibility index (Phi) is 2.54. The minimum atomic E-state index is -0.833. The molecule has 0 aromatic carbocycles. The van der Waals surface area contributed by atoms with E-state index in [2.05, 4.69) is 10.0 Å². The van der Waals surface area contributed by atoms with Gasteiger partial charge in [0.1, 0.15) is 11.9 Å². The molecule has 58 valence electrons. The van der Waals surface area contributed by atoms with E-state index in [-0.39, 0.29) is 6.54 Å². The van der Waals surface area contributed by atoms with Crippen LogP contribution in [0.15, 0.2) is 27.9 Å². The highest BCUT2D eigenvalue weighted by molar-refractivity contribution is 5.02. The number of rotatable bonds is 3. The summed E-state index contributed by atoms with van der Waals surface area (Å²) in [4.78, 5) is 2.51. The van der Waals surface area contributed by atoms with Crippen molar-refractivity contribution in [1.82, 2.24) is 0 Å². The fourth-order valence-corrected chi connectivity index (χ4v) is 0.685. The number of furan rings is 1. The molecular formula is C6H7N3O2. The Morgan fingerprint density at radius 3 is 3.18 bits per heavy atom. The molecule has 0 aliphatic heterocycles. The van der Waals surface area contributed by atoms with Crippen LogP contribution in [-0.4, -0.2) is 11.7 Å². The SMILES string of the molecule is [N-]=[N+]=NC[C@H](O)c1ccco1. The van der Waals surface area contributed by atoms with E-state index in [1.807, 2.05) is 0 Å². The molecule has 0 saturated carbocycles. The number of hydrogen-bond donors (Lipinski definition) is 1. The minimum Gasteiger partial charge on any atom is -0.467 e. The second-order valence-corrected chi connectivity index (χ2v) is 1.94. The Morgan fingerprint density at radius 1 is 1.82 bits per heavy atom. The summed E-state index contributed by atoms with van der Waals surface area (Å²) in [5.41, 5.74) is 7.93.